The number of nitrogens with two attached hydrogens (primary N) is 1. The Morgan fingerprint density at radius 3 is 2.67 bits per heavy atom. The van der Waals surface area contributed by atoms with E-state index in [0.29, 0.717) is 30.5 Å². The van der Waals surface area contributed by atoms with Gasteiger partial charge in [-0.25, -0.2) is 9.97 Å². The Balaban J connectivity index is 1.73. The molecule has 180 valence electrons. The molecule has 0 spiro atoms. The molecular formula is C23H35N7O3. The number of piperazine rings is 1. The largest absolute Gasteiger partial charge is 0.491 e. The molecule has 4 N–H and O–H groups in total. The highest BCUT2D eigenvalue weighted by Gasteiger charge is 2.23. The highest BCUT2D eigenvalue weighted by molar-refractivity contribution is 5.77. The van der Waals surface area contributed by atoms with Crippen molar-refractivity contribution in [3.63, 3.8) is 0 Å². The Morgan fingerprint density at radius 1 is 1.27 bits per heavy atom. The first kappa shape index (κ1) is 24.7. The normalized spacial score (nSPS) is 15.4. The van der Waals surface area contributed by atoms with Gasteiger partial charge in [0.1, 0.15) is 30.1 Å². The molecule has 3 rings (SSSR count). The molecular weight excluding hydrogens is 422 g/mol. The molecule has 1 aliphatic heterocycles. The van der Waals surface area contributed by atoms with Gasteiger partial charge < -0.3 is 30.7 Å². The first-order valence-corrected chi connectivity index (χ1v) is 11.2. The van der Waals surface area contributed by atoms with Crippen LogP contribution in [-0.4, -0.2) is 104 Å². The fraction of sp³-hybridized carbons (Fsp3) is 0.522. The number of ether oxygens (including phenoxy) is 1. The SMILES string of the molecule is CNCC(O)COc1cccc(-c2nc(N)c(C)c(N3CCN(CC(=O)N(C)C)CC3)n2)c1. The van der Waals surface area contributed by atoms with E-state index in [1.807, 2.05) is 31.2 Å². The van der Waals surface area contributed by atoms with Crippen molar-refractivity contribution in [1.82, 2.24) is 25.1 Å². The number of hydrogen-bond donors (Lipinski definition) is 3. The van der Waals surface area contributed by atoms with Crippen LogP contribution in [0.3, 0.4) is 0 Å². The molecule has 1 saturated heterocycles. The van der Waals surface area contributed by atoms with Crippen molar-refractivity contribution in [3.8, 4) is 17.1 Å². The van der Waals surface area contributed by atoms with Gasteiger partial charge in [-0.2, -0.15) is 0 Å². The van der Waals surface area contributed by atoms with Gasteiger partial charge in [0.15, 0.2) is 5.82 Å². The van der Waals surface area contributed by atoms with Crippen LogP contribution in [0.15, 0.2) is 24.3 Å². The summed E-state index contributed by atoms with van der Waals surface area (Å²) in [5.41, 5.74) is 7.89. The number of aliphatic hydroxyl groups is 1. The minimum Gasteiger partial charge on any atom is -0.491 e. The van der Waals surface area contributed by atoms with Gasteiger partial charge in [0.05, 0.1) is 6.54 Å². The molecule has 0 aliphatic carbocycles. The summed E-state index contributed by atoms with van der Waals surface area (Å²) in [6.07, 6.45) is -0.594. The number of likely N-dealkylation sites (N-methyl/N-ethyl adjacent to an activating group) is 2. The topological polar surface area (TPSA) is 120 Å². The average Bonchev–Trinajstić information content (AvgIpc) is 2.80. The number of anilines is 2. The van der Waals surface area contributed by atoms with E-state index in [4.69, 9.17) is 15.5 Å². The number of aromatic nitrogens is 2. The third-order valence-corrected chi connectivity index (χ3v) is 5.66. The summed E-state index contributed by atoms with van der Waals surface area (Å²) in [7, 11) is 5.33. The lowest BCUT2D eigenvalue weighted by atomic mass is 10.1. The number of carbonyl (C=O) groups is 1. The summed E-state index contributed by atoms with van der Waals surface area (Å²) in [6, 6.07) is 7.47. The van der Waals surface area contributed by atoms with E-state index in [1.54, 1.807) is 26.0 Å². The van der Waals surface area contributed by atoms with Gasteiger partial charge in [0.25, 0.3) is 0 Å². The van der Waals surface area contributed by atoms with Crippen molar-refractivity contribution >= 4 is 17.5 Å². The maximum atomic E-state index is 12.0. The molecule has 0 bridgehead atoms. The van der Waals surface area contributed by atoms with E-state index >= 15 is 0 Å². The quantitative estimate of drug-likeness (QED) is 0.485. The zero-order valence-electron chi connectivity index (χ0n) is 19.9. The monoisotopic (exact) mass is 457 g/mol. The molecule has 1 amide bonds. The third-order valence-electron chi connectivity index (χ3n) is 5.66. The Hall–Kier alpha value is -2.95. The van der Waals surface area contributed by atoms with Crippen molar-refractivity contribution in [1.29, 1.82) is 0 Å². The second-order valence-electron chi connectivity index (χ2n) is 8.48. The first-order valence-electron chi connectivity index (χ1n) is 11.2. The van der Waals surface area contributed by atoms with E-state index in [-0.39, 0.29) is 12.5 Å². The number of amides is 1. The molecule has 2 heterocycles. The zero-order chi connectivity index (χ0) is 24.0. The Labute approximate surface area is 195 Å². The van der Waals surface area contributed by atoms with Crippen molar-refractivity contribution in [2.24, 2.45) is 0 Å². The molecule has 33 heavy (non-hydrogen) atoms. The van der Waals surface area contributed by atoms with Gasteiger partial charge >= 0.3 is 0 Å². The van der Waals surface area contributed by atoms with E-state index in [1.165, 1.54) is 0 Å². The number of carbonyl (C=O) groups excluding carboxylic acids is 1. The van der Waals surface area contributed by atoms with Crippen LogP contribution < -0.4 is 20.7 Å². The van der Waals surface area contributed by atoms with Gasteiger partial charge in [-0.05, 0) is 26.1 Å². The van der Waals surface area contributed by atoms with Crippen LogP contribution in [0, 0.1) is 6.92 Å². The molecule has 1 aliphatic rings. The van der Waals surface area contributed by atoms with Gasteiger partial charge in [-0.15, -0.1) is 0 Å². The van der Waals surface area contributed by atoms with Crippen LogP contribution in [-0.2, 0) is 4.79 Å². The Kier molecular flexibility index (Phi) is 8.43. The van der Waals surface area contributed by atoms with E-state index in [2.05, 4.69) is 20.1 Å². The number of nitrogen functional groups attached to an aromatic ring is 1. The van der Waals surface area contributed by atoms with Crippen molar-refractivity contribution in [2.45, 2.75) is 13.0 Å². The van der Waals surface area contributed by atoms with Crippen LogP contribution >= 0.6 is 0 Å². The summed E-state index contributed by atoms with van der Waals surface area (Å²) < 4.78 is 5.72. The maximum absolute atomic E-state index is 12.0. The molecule has 1 unspecified atom stereocenters. The lowest BCUT2D eigenvalue weighted by Crippen LogP contribution is -2.49. The average molecular weight is 458 g/mol. The minimum absolute atomic E-state index is 0.105. The van der Waals surface area contributed by atoms with E-state index in [0.717, 1.165) is 43.1 Å². The second kappa shape index (κ2) is 11.3. The smallest absolute Gasteiger partial charge is 0.236 e. The maximum Gasteiger partial charge on any atom is 0.236 e. The van der Waals surface area contributed by atoms with Crippen LogP contribution in [0.2, 0.25) is 0 Å². The number of aliphatic hydroxyl groups excluding tert-OH is 1. The van der Waals surface area contributed by atoms with Gasteiger partial charge in [0.2, 0.25) is 5.91 Å². The highest BCUT2D eigenvalue weighted by Crippen LogP contribution is 2.28. The van der Waals surface area contributed by atoms with Crippen LogP contribution in [0.25, 0.3) is 11.4 Å². The first-order chi connectivity index (χ1) is 15.8. The van der Waals surface area contributed by atoms with E-state index in [9.17, 15) is 9.90 Å². The predicted molar refractivity (Wildman–Crippen MR) is 129 cm³/mol. The van der Waals surface area contributed by atoms with Crippen molar-refractivity contribution < 1.29 is 14.6 Å². The fourth-order valence-corrected chi connectivity index (χ4v) is 3.62. The predicted octanol–water partition coefficient (Wildman–Crippen LogP) is 0.204. The van der Waals surface area contributed by atoms with Gasteiger partial charge in [0, 0.05) is 57.9 Å². The summed E-state index contributed by atoms with van der Waals surface area (Å²) in [5.74, 6) is 2.52. The van der Waals surface area contributed by atoms with Crippen LogP contribution in [0.4, 0.5) is 11.6 Å². The second-order valence-corrected chi connectivity index (χ2v) is 8.48. The lowest BCUT2D eigenvalue weighted by molar-refractivity contribution is -0.129. The standard InChI is InChI=1S/C23H35N7O3/c1-16-21(24)26-22(17-6-5-7-19(12-17)33-15-18(31)13-25-2)27-23(16)30-10-8-29(9-11-30)14-20(32)28(3)4/h5-7,12,18,25,31H,8-11,13-15H2,1-4H3,(H2,24,26,27). The molecule has 10 nitrogen and oxygen atoms in total. The number of benzene rings is 1. The molecule has 1 atom stereocenters. The molecule has 0 saturated carbocycles. The summed E-state index contributed by atoms with van der Waals surface area (Å²) >= 11 is 0. The zero-order valence-corrected chi connectivity index (χ0v) is 19.9. The van der Waals surface area contributed by atoms with Gasteiger partial charge in [-0.1, -0.05) is 12.1 Å². The number of rotatable bonds is 9. The Morgan fingerprint density at radius 2 is 2.00 bits per heavy atom. The van der Waals surface area contributed by atoms with Crippen molar-refractivity contribution in [3.05, 3.63) is 29.8 Å². The number of hydrogen-bond acceptors (Lipinski definition) is 9. The molecule has 10 heteroatoms. The molecule has 2 aromatic rings. The van der Waals surface area contributed by atoms with Crippen LogP contribution in [0.1, 0.15) is 5.56 Å². The molecule has 1 aromatic carbocycles. The summed E-state index contributed by atoms with van der Waals surface area (Å²) in [5, 5.41) is 12.8. The fourth-order valence-electron chi connectivity index (χ4n) is 3.62. The lowest BCUT2D eigenvalue weighted by Gasteiger charge is -2.36. The summed E-state index contributed by atoms with van der Waals surface area (Å²) in [6.45, 7) is 6.05. The third kappa shape index (κ3) is 6.53. The van der Waals surface area contributed by atoms with Crippen LogP contribution in [0.5, 0.6) is 5.75 Å². The molecule has 0 radical (unpaired) electrons. The van der Waals surface area contributed by atoms with E-state index < -0.39 is 6.10 Å². The highest BCUT2D eigenvalue weighted by atomic mass is 16.5. The Bertz CT molecular complexity index is 946. The minimum atomic E-state index is -0.594. The number of nitrogens with zero attached hydrogens (tertiary/aromatic N) is 5. The molecule has 1 aromatic heterocycles. The molecule has 1 fully saturated rings. The number of nitrogens with one attached hydrogen (secondary N) is 1. The van der Waals surface area contributed by atoms with Crippen molar-refractivity contribution in [2.75, 3.05) is 77.7 Å². The summed E-state index contributed by atoms with van der Waals surface area (Å²) in [4.78, 5) is 27.3. The van der Waals surface area contributed by atoms with Gasteiger partial charge in [-0.3, -0.25) is 9.69 Å².